The first-order valence-electron chi connectivity index (χ1n) is 8.34. The summed E-state index contributed by atoms with van der Waals surface area (Å²) in [5.41, 5.74) is 0.626. The molecule has 7 nitrogen and oxygen atoms in total. The Bertz CT molecular complexity index is 924. The molecule has 2 unspecified atom stereocenters. The van der Waals surface area contributed by atoms with E-state index in [-0.39, 0.29) is 17.9 Å². The third kappa shape index (κ3) is 4.64. The van der Waals surface area contributed by atoms with Crippen LogP contribution in [0.15, 0.2) is 47.8 Å². The van der Waals surface area contributed by atoms with E-state index in [9.17, 15) is 9.59 Å². The Morgan fingerprint density at radius 2 is 2.19 bits per heavy atom. The van der Waals surface area contributed by atoms with Crippen molar-refractivity contribution in [1.82, 2.24) is 25.1 Å². The summed E-state index contributed by atoms with van der Waals surface area (Å²) in [6, 6.07) is 3.28. The molecule has 0 fully saturated rings. The van der Waals surface area contributed by atoms with Crippen LogP contribution in [0.25, 0.3) is 11.4 Å². The Kier molecular flexibility index (Phi) is 6.08. The molecule has 2 aromatic rings. The fourth-order valence-electron chi connectivity index (χ4n) is 2.56. The van der Waals surface area contributed by atoms with Gasteiger partial charge in [0.2, 0.25) is 11.8 Å². The average molecular weight is 404 g/mol. The standard InChI is InChI=1S/C18H18ClN5O2S/c1-11(17(26)21-14-6-4-3-5-7-14)27-18-23-22-16(24(18)12(2)25)13-8-9-20-15(19)10-13/h3-6,8-11,14H,7H2,1-2H3,(H,21,26). The highest BCUT2D eigenvalue weighted by molar-refractivity contribution is 8.00. The number of thioether (sulfide) groups is 1. The van der Waals surface area contributed by atoms with Crippen LogP contribution in [0.2, 0.25) is 5.15 Å². The van der Waals surface area contributed by atoms with Gasteiger partial charge in [-0.15, -0.1) is 10.2 Å². The van der Waals surface area contributed by atoms with E-state index in [1.807, 2.05) is 24.3 Å². The summed E-state index contributed by atoms with van der Waals surface area (Å²) in [5, 5.41) is 11.4. The van der Waals surface area contributed by atoms with Crippen LogP contribution < -0.4 is 5.32 Å². The number of carbonyl (C=O) groups is 2. The molecule has 0 aromatic carbocycles. The zero-order valence-corrected chi connectivity index (χ0v) is 16.4. The molecule has 0 saturated heterocycles. The third-order valence-electron chi connectivity index (χ3n) is 3.89. The summed E-state index contributed by atoms with van der Waals surface area (Å²) in [7, 11) is 0. The van der Waals surface area contributed by atoms with Crippen molar-refractivity contribution in [3.63, 3.8) is 0 Å². The van der Waals surface area contributed by atoms with E-state index < -0.39 is 5.25 Å². The van der Waals surface area contributed by atoms with Crippen molar-refractivity contribution in [2.45, 2.75) is 36.7 Å². The molecule has 3 rings (SSSR count). The van der Waals surface area contributed by atoms with Crippen molar-refractivity contribution in [2.75, 3.05) is 0 Å². The summed E-state index contributed by atoms with van der Waals surface area (Å²) in [6.45, 7) is 3.19. The highest BCUT2D eigenvalue weighted by Gasteiger charge is 2.24. The fraction of sp³-hybridized carbons (Fsp3) is 0.278. The molecule has 1 aliphatic carbocycles. The number of aromatic nitrogens is 4. The van der Waals surface area contributed by atoms with E-state index in [1.54, 1.807) is 19.1 Å². The molecule has 9 heteroatoms. The number of hydrogen-bond donors (Lipinski definition) is 1. The van der Waals surface area contributed by atoms with Crippen LogP contribution in [0.5, 0.6) is 0 Å². The highest BCUT2D eigenvalue weighted by Crippen LogP contribution is 2.27. The van der Waals surface area contributed by atoms with Gasteiger partial charge in [0.05, 0.1) is 11.3 Å². The lowest BCUT2D eigenvalue weighted by molar-refractivity contribution is -0.120. The molecule has 140 valence electrons. The second kappa shape index (κ2) is 8.49. The fourth-order valence-corrected chi connectivity index (χ4v) is 3.63. The van der Waals surface area contributed by atoms with Gasteiger partial charge in [-0.05, 0) is 25.5 Å². The first-order chi connectivity index (χ1) is 13.0. The predicted octanol–water partition coefficient (Wildman–Crippen LogP) is 3.14. The van der Waals surface area contributed by atoms with Crippen LogP contribution in [0.3, 0.4) is 0 Å². The monoisotopic (exact) mass is 403 g/mol. The Labute approximate surface area is 165 Å². The predicted molar refractivity (Wildman–Crippen MR) is 105 cm³/mol. The normalized spacial score (nSPS) is 16.9. The molecule has 1 amide bonds. The van der Waals surface area contributed by atoms with Crippen molar-refractivity contribution in [3.05, 3.63) is 47.8 Å². The van der Waals surface area contributed by atoms with Crippen molar-refractivity contribution >= 4 is 35.2 Å². The maximum atomic E-state index is 12.5. The molecule has 0 radical (unpaired) electrons. The van der Waals surface area contributed by atoms with Gasteiger partial charge < -0.3 is 5.32 Å². The topological polar surface area (TPSA) is 89.8 Å². The van der Waals surface area contributed by atoms with E-state index in [4.69, 9.17) is 11.6 Å². The Balaban J connectivity index is 1.78. The van der Waals surface area contributed by atoms with Gasteiger partial charge in [-0.3, -0.25) is 9.59 Å². The van der Waals surface area contributed by atoms with Crippen molar-refractivity contribution in [3.8, 4) is 11.4 Å². The average Bonchev–Trinajstić information content (AvgIpc) is 3.06. The highest BCUT2D eigenvalue weighted by atomic mass is 35.5. The van der Waals surface area contributed by atoms with Crippen LogP contribution in [0, 0.1) is 0 Å². The first kappa shape index (κ1) is 19.3. The summed E-state index contributed by atoms with van der Waals surface area (Å²) in [5.74, 6) is -0.0165. The number of pyridine rings is 1. The van der Waals surface area contributed by atoms with Crippen LogP contribution in [-0.4, -0.2) is 42.9 Å². The lowest BCUT2D eigenvalue weighted by Gasteiger charge is -2.18. The molecule has 0 bridgehead atoms. The lowest BCUT2D eigenvalue weighted by Crippen LogP contribution is -2.38. The number of amides is 1. The largest absolute Gasteiger partial charge is 0.349 e. The number of halogens is 1. The van der Waals surface area contributed by atoms with E-state index in [0.29, 0.717) is 21.7 Å². The van der Waals surface area contributed by atoms with Gasteiger partial charge in [0.15, 0.2) is 11.0 Å². The number of carbonyl (C=O) groups excluding carboxylic acids is 2. The van der Waals surface area contributed by atoms with Gasteiger partial charge in [0, 0.05) is 18.7 Å². The Morgan fingerprint density at radius 1 is 1.37 bits per heavy atom. The van der Waals surface area contributed by atoms with Crippen LogP contribution in [0.1, 0.15) is 25.1 Å². The zero-order valence-electron chi connectivity index (χ0n) is 14.8. The smallest absolute Gasteiger partial charge is 0.233 e. The SMILES string of the molecule is CC(=O)n1c(SC(C)C(=O)NC2C=CC=CC2)nnc1-c1ccnc(Cl)c1. The summed E-state index contributed by atoms with van der Waals surface area (Å²) >= 11 is 7.11. The molecule has 0 saturated carbocycles. The van der Waals surface area contributed by atoms with Crippen LogP contribution >= 0.6 is 23.4 Å². The van der Waals surface area contributed by atoms with E-state index >= 15 is 0 Å². The van der Waals surface area contributed by atoms with Crippen LogP contribution in [-0.2, 0) is 4.79 Å². The second-order valence-corrected chi connectivity index (χ2v) is 7.65. The molecule has 1 N–H and O–H groups in total. The van der Waals surface area contributed by atoms with Gasteiger partial charge >= 0.3 is 0 Å². The number of hydrogen-bond acceptors (Lipinski definition) is 6. The molecule has 1 aliphatic rings. The molecular weight excluding hydrogens is 386 g/mol. The number of allylic oxidation sites excluding steroid dienone is 2. The van der Waals surface area contributed by atoms with E-state index in [2.05, 4.69) is 20.5 Å². The minimum atomic E-state index is -0.444. The maximum absolute atomic E-state index is 12.5. The number of nitrogens with zero attached hydrogens (tertiary/aromatic N) is 4. The first-order valence-corrected chi connectivity index (χ1v) is 9.60. The molecule has 27 heavy (non-hydrogen) atoms. The Hall–Kier alpha value is -2.45. The van der Waals surface area contributed by atoms with E-state index in [1.165, 1.54) is 29.4 Å². The van der Waals surface area contributed by atoms with Crippen LogP contribution in [0.4, 0.5) is 0 Å². The molecule has 2 aromatic heterocycles. The summed E-state index contributed by atoms with van der Waals surface area (Å²) < 4.78 is 1.38. The van der Waals surface area contributed by atoms with Gasteiger partial charge in [-0.1, -0.05) is 47.7 Å². The zero-order chi connectivity index (χ0) is 19.4. The van der Waals surface area contributed by atoms with Crippen molar-refractivity contribution < 1.29 is 9.59 Å². The van der Waals surface area contributed by atoms with Crippen molar-refractivity contribution in [2.24, 2.45) is 0 Å². The quantitative estimate of drug-likeness (QED) is 0.609. The summed E-state index contributed by atoms with van der Waals surface area (Å²) in [4.78, 5) is 28.6. The van der Waals surface area contributed by atoms with Gasteiger partial charge in [-0.2, -0.15) is 0 Å². The number of nitrogens with one attached hydrogen (secondary N) is 1. The second-order valence-electron chi connectivity index (χ2n) is 5.95. The number of rotatable bonds is 5. The van der Waals surface area contributed by atoms with E-state index in [0.717, 1.165) is 6.42 Å². The minimum absolute atomic E-state index is 0.0225. The molecule has 0 aliphatic heterocycles. The molecule has 0 spiro atoms. The van der Waals surface area contributed by atoms with Crippen molar-refractivity contribution in [1.29, 1.82) is 0 Å². The third-order valence-corrected chi connectivity index (χ3v) is 5.14. The molecular formula is C18H18ClN5O2S. The van der Waals surface area contributed by atoms with Gasteiger partial charge in [-0.25, -0.2) is 9.55 Å². The lowest BCUT2D eigenvalue weighted by atomic mass is 10.1. The Morgan fingerprint density at radius 3 is 2.85 bits per heavy atom. The van der Waals surface area contributed by atoms with Gasteiger partial charge in [0.1, 0.15) is 5.15 Å². The molecule has 2 atom stereocenters. The molecule has 2 heterocycles. The van der Waals surface area contributed by atoms with Gasteiger partial charge in [0.25, 0.3) is 0 Å². The maximum Gasteiger partial charge on any atom is 0.233 e. The summed E-state index contributed by atoms with van der Waals surface area (Å²) in [6.07, 6.45) is 10.1. The minimum Gasteiger partial charge on any atom is -0.349 e.